The first-order valence-electron chi connectivity index (χ1n) is 2.80. The van der Waals surface area contributed by atoms with Gasteiger partial charge in [-0.1, -0.05) is 24.1 Å². The third-order valence-corrected chi connectivity index (χ3v) is 5.69. The summed E-state index contributed by atoms with van der Waals surface area (Å²) in [5.74, 6) is 0. The summed E-state index contributed by atoms with van der Waals surface area (Å²) in [6.45, 7) is 0. The lowest BCUT2D eigenvalue weighted by Crippen LogP contribution is -2.07. The topological polar surface area (TPSA) is 0 Å². The van der Waals surface area contributed by atoms with Crippen LogP contribution in [0.4, 0.5) is 0 Å². The van der Waals surface area contributed by atoms with Gasteiger partial charge in [-0.25, -0.2) is 0 Å². The average Bonchev–Trinajstić information content (AvgIpc) is 1.77. The van der Waals surface area contributed by atoms with Crippen molar-refractivity contribution < 1.29 is 0 Å². The van der Waals surface area contributed by atoms with Crippen LogP contribution in [-0.4, -0.2) is 8.11 Å². The molecule has 0 radical (unpaired) electrons. The molecule has 3 heteroatoms. The maximum atomic E-state index is 5.91. The Hall–Kier alpha value is 0.537. The molecule has 0 saturated heterocycles. The van der Waals surface area contributed by atoms with Gasteiger partial charge < -0.3 is 0 Å². The van der Waals surface area contributed by atoms with Crippen LogP contribution in [-0.2, 0) is 0 Å². The van der Waals surface area contributed by atoms with Gasteiger partial charge in [0.2, 0.25) is 0 Å². The Bertz CT molecular complexity index is 111. The molecule has 0 saturated carbocycles. The van der Waals surface area contributed by atoms with Crippen molar-refractivity contribution in [2.24, 2.45) is 0 Å². The van der Waals surface area contributed by atoms with E-state index >= 15 is 0 Å². The molecule has 8 heavy (non-hydrogen) atoms. The number of halogens is 2. The summed E-state index contributed by atoms with van der Waals surface area (Å²) >= 11 is 11.7. The minimum absolute atomic E-state index is 0.970. The fourth-order valence-corrected chi connectivity index (χ4v) is 3.26. The molecule has 0 nitrogen and oxygen atoms in total. The Balaban J connectivity index is 2.53. The lowest BCUT2D eigenvalue weighted by Gasteiger charge is -2.09. The van der Waals surface area contributed by atoms with Crippen molar-refractivity contribution in [3.8, 4) is 0 Å². The molecule has 0 aromatic rings. The van der Waals surface area contributed by atoms with Gasteiger partial charge in [-0.3, -0.25) is 0 Å². The first-order chi connectivity index (χ1) is 3.80. The minimum Gasteiger partial charge on any atom is -0.164 e. The zero-order valence-electron chi connectivity index (χ0n) is 4.53. The van der Waals surface area contributed by atoms with Crippen molar-refractivity contribution in [1.29, 1.82) is 0 Å². The van der Waals surface area contributed by atoms with Crippen LogP contribution in [0.25, 0.3) is 0 Å². The summed E-state index contributed by atoms with van der Waals surface area (Å²) in [5, 5.41) is 0. The van der Waals surface area contributed by atoms with E-state index in [-0.39, 0.29) is 0 Å². The molecule has 1 unspecified atom stereocenters. The highest BCUT2D eigenvalue weighted by Crippen LogP contribution is 2.22. The Morgan fingerprint density at radius 3 is 2.75 bits per heavy atom. The van der Waals surface area contributed by atoms with E-state index in [2.05, 4.69) is 6.08 Å². The van der Waals surface area contributed by atoms with Crippen molar-refractivity contribution in [2.75, 3.05) is 0 Å². The van der Waals surface area contributed by atoms with Gasteiger partial charge in [-0.15, -0.1) is 0 Å². The van der Waals surface area contributed by atoms with Gasteiger partial charge in [0.05, 0.1) is 0 Å². The fraction of sp³-hybridized carbons (Fsp3) is 0.600. The third kappa shape index (κ3) is 1.51. The molecule has 1 aliphatic rings. The summed E-state index contributed by atoms with van der Waals surface area (Å²) in [5.41, 5.74) is 0. The molecular weight excluding hydrogens is 159 g/mol. The van der Waals surface area contributed by atoms with Crippen LogP contribution in [0.2, 0.25) is 6.04 Å². The number of hydrogen-bond acceptors (Lipinski definition) is 0. The number of rotatable bonds is 0. The largest absolute Gasteiger partial charge is 0.184 e. The van der Waals surface area contributed by atoms with E-state index < -0.39 is 8.11 Å². The maximum absolute atomic E-state index is 5.91. The van der Waals surface area contributed by atoms with Crippen LogP contribution in [0.15, 0.2) is 10.7 Å². The second-order valence-electron chi connectivity index (χ2n) is 1.99. The molecule has 0 aromatic heterocycles. The van der Waals surface area contributed by atoms with Gasteiger partial charge in [0.1, 0.15) is 0 Å². The average molecular weight is 167 g/mol. The highest BCUT2D eigenvalue weighted by Gasteiger charge is 2.13. The molecule has 0 aliphatic carbocycles. The van der Waals surface area contributed by atoms with Crippen molar-refractivity contribution >= 4 is 30.8 Å². The molecule has 0 spiro atoms. The molecule has 46 valence electrons. The molecule has 0 aromatic carbocycles. The van der Waals surface area contributed by atoms with Gasteiger partial charge in [0.25, 0.3) is 0 Å². The monoisotopic (exact) mass is 166 g/mol. The van der Waals surface area contributed by atoms with Crippen LogP contribution >= 0.6 is 22.7 Å². The van der Waals surface area contributed by atoms with E-state index in [4.69, 9.17) is 22.7 Å². The van der Waals surface area contributed by atoms with Gasteiger partial charge in [-0.05, 0) is 12.5 Å². The van der Waals surface area contributed by atoms with Gasteiger partial charge in [-0.2, -0.15) is 11.1 Å². The lowest BCUT2D eigenvalue weighted by atomic mass is 10.3. The highest BCUT2D eigenvalue weighted by atomic mass is 35.6. The normalized spacial score (nSPS) is 29.8. The predicted octanol–water partition coefficient (Wildman–Crippen LogP) is 2.40. The summed E-state index contributed by atoms with van der Waals surface area (Å²) in [6.07, 6.45) is 4.45. The first kappa shape index (κ1) is 6.65. The summed E-state index contributed by atoms with van der Waals surface area (Å²) < 4.78 is 0.970. The maximum Gasteiger partial charge on any atom is 0.184 e. The van der Waals surface area contributed by atoms with Crippen molar-refractivity contribution in [2.45, 2.75) is 18.9 Å². The standard InChI is InChI=1S/C5H8Cl2Si/c6-5-3-1-2-4-8(5)7/h3,8H,1-2,4H2. The number of allylic oxidation sites excluding steroid dienone is 1. The highest BCUT2D eigenvalue weighted by molar-refractivity contribution is 7.14. The Kier molecular flexibility index (Phi) is 2.41. The Morgan fingerprint density at radius 2 is 2.38 bits per heavy atom. The molecule has 1 atom stereocenters. The molecular formula is C5H8Cl2Si. The zero-order valence-corrected chi connectivity index (χ0v) is 7.20. The van der Waals surface area contributed by atoms with Crippen molar-refractivity contribution in [1.82, 2.24) is 0 Å². The molecule has 0 fully saturated rings. The summed E-state index contributed by atoms with van der Waals surface area (Å²) in [4.78, 5) is 0. The quantitative estimate of drug-likeness (QED) is 0.384. The van der Waals surface area contributed by atoms with Crippen LogP contribution in [0.1, 0.15) is 12.8 Å². The molecule has 0 bridgehead atoms. The van der Waals surface area contributed by atoms with Crippen LogP contribution < -0.4 is 0 Å². The van der Waals surface area contributed by atoms with E-state index in [1.54, 1.807) is 0 Å². The Labute approximate surface area is 60.8 Å². The molecule has 1 aliphatic heterocycles. The van der Waals surface area contributed by atoms with Crippen molar-refractivity contribution in [3.63, 3.8) is 0 Å². The Morgan fingerprint density at radius 1 is 1.62 bits per heavy atom. The summed E-state index contributed by atoms with van der Waals surface area (Å²) in [6, 6.07) is 1.18. The van der Waals surface area contributed by atoms with Gasteiger partial charge >= 0.3 is 0 Å². The SMILES string of the molecule is ClC1=CCCC[SiH]1Cl. The van der Waals surface area contributed by atoms with Crippen LogP contribution in [0.3, 0.4) is 0 Å². The second-order valence-corrected chi connectivity index (χ2v) is 6.50. The van der Waals surface area contributed by atoms with Gasteiger partial charge in [0, 0.05) is 4.66 Å². The zero-order chi connectivity index (χ0) is 5.98. The van der Waals surface area contributed by atoms with E-state index in [0.717, 1.165) is 11.1 Å². The molecule has 0 N–H and O–H groups in total. The predicted molar refractivity (Wildman–Crippen MR) is 41.0 cm³/mol. The molecule has 1 rings (SSSR count). The smallest absolute Gasteiger partial charge is 0.164 e. The number of hydrogen-bond donors (Lipinski definition) is 0. The van der Waals surface area contributed by atoms with Crippen LogP contribution in [0, 0.1) is 0 Å². The minimum atomic E-state index is -1.09. The lowest BCUT2D eigenvalue weighted by molar-refractivity contribution is 0.935. The van der Waals surface area contributed by atoms with E-state index in [0.29, 0.717) is 0 Å². The summed E-state index contributed by atoms with van der Waals surface area (Å²) in [7, 11) is -1.09. The van der Waals surface area contributed by atoms with Gasteiger partial charge in [0.15, 0.2) is 8.11 Å². The van der Waals surface area contributed by atoms with E-state index in [9.17, 15) is 0 Å². The van der Waals surface area contributed by atoms with Crippen molar-refractivity contribution in [3.05, 3.63) is 10.7 Å². The molecule has 1 heterocycles. The third-order valence-electron chi connectivity index (χ3n) is 1.30. The van der Waals surface area contributed by atoms with E-state index in [1.807, 2.05) is 0 Å². The second kappa shape index (κ2) is 2.90. The van der Waals surface area contributed by atoms with Crippen LogP contribution in [0.5, 0.6) is 0 Å². The van der Waals surface area contributed by atoms with E-state index in [1.165, 1.54) is 12.5 Å². The first-order valence-corrected chi connectivity index (χ1v) is 6.32. The molecule has 0 amide bonds. The fourth-order valence-electron chi connectivity index (χ4n) is 0.803.